The van der Waals surface area contributed by atoms with Crippen molar-refractivity contribution in [1.82, 2.24) is 10.2 Å². The predicted octanol–water partition coefficient (Wildman–Crippen LogP) is 4.37. The summed E-state index contributed by atoms with van der Waals surface area (Å²) in [5, 5.41) is 2.83. The highest BCUT2D eigenvalue weighted by atomic mass is 16.5. The number of carbonyl (C=O) groups excluding carboxylic acids is 3. The lowest BCUT2D eigenvalue weighted by Gasteiger charge is -2.22. The molecule has 196 valence electrons. The molecule has 37 heavy (non-hydrogen) atoms. The Kier molecular flexibility index (Phi) is 9.35. The molecule has 0 aromatic heterocycles. The molecule has 2 aliphatic rings. The van der Waals surface area contributed by atoms with Gasteiger partial charge in [0.2, 0.25) is 5.91 Å². The first-order chi connectivity index (χ1) is 18.0. The summed E-state index contributed by atoms with van der Waals surface area (Å²) in [6.07, 6.45) is 6.61. The second kappa shape index (κ2) is 13.1. The molecule has 1 N–H and O–H groups in total. The average molecular weight is 505 g/mol. The lowest BCUT2D eigenvalue weighted by Crippen LogP contribution is -2.30. The molecule has 0 radical (unpaired) electrons. The summed E-state index contributed by atoms with van der Waals surface area (Å²) >= 11 is 0. The number of nitrogens with zero attached hydrogens (tertiary/aromatic N) is 1. The molecule has 7 heteroatoms. The van der Waals surface area contributed by atoms with Crippen LogP contribution in [0, 0.1) is 11.8 Å². The molecule has 1 aliphatic carbocycles. The van der Waals surface area contributed by atoms with E-state index in [0.29, 0.717) is 29.7 Å². The van der Waals surface area contributed by atoms with Crippen LogP contribution < -0.4 is 10.1 Å². The fraction of sp³-hybridized carbons (Fsp3) is 0.433. The van der Waals surface area contributed by atoms with Gasteiger partial charge in [-0.05, 0) is 60.9 Å². The van der Waals surface area contributed by atoms with E-state index in [9.17, 15) is 14.4 Å². The number of esters is 1. The van der Waals surface area contributed by atoms with Crippen LogP contribution in [0.5, 0.6) is 5.75 Å². The Morgan fingerprint density at radius 2 is 1.65 bits per heavy atom. The van der Waals surface area contributed by atoms with Crippen molar-refractivity contribution >= 4 is 23.9 Å². The lowest BCUT2D eigenvalue weighted by molar-refractivity contribution is -0.140. The predicted molar refractivity (Wildman–Crippen MR) is 141 cm³/mol. The number of hydrogen-bond donors (Lipinski definition) is 1. The third-order valence-corrected chi connectivity index (χ3v) is 7.13. The molecular weight excluding hydrogens is 468 g/mol. The van der Waals surface area contributed by atoms with Crippen molar-refractivity contribution in [2.75, 3.05) is 26.3 Å². The van der Waals surface area contributed by atoms with Gasteiger partial charge < -0.3 is 19.7 Å². The van der Waals surface area contributed by atoms with E-state index in [1.54, 1.807) is 37.3 Å². The van der Waals surface area contributed by atoms with Gasteiger partial charge in [-0.3, -0.25) is 9.59 Å². The minimum Gasteiger partial charge on any atom is -0.484 e. The van der Waals surface area contributed by atoms with Crippen molar-refractivity contribution in [1.29, 1.82) is 0 Å². The molecule has 2 aromatic carbocycles. The molecule has 1 saturated carbocycles. The molecule has 0 spiro atoms. The van der Waals surface area contributed by atoms with Crippen molar-refractivity contribution in [3.05, 3.63) is 71.3 Å². The van der Waals surface area contributed by atoms with Crippen LogP contribution in [0.1, 0.15) is 50.2 Å². The molecule has 1 heterocycles. The van der Waals surface area contributed by atoms with Gasteiger partial charge >= 0.3 is 5.97 Å². The molecule has 1 aliphatic heterocycles. The van der Waals surface area contributed by atoms with Crippen LogP contribution in [-0.4, -0.2) is 49.0 Å². The smallest absolute Gasteiger partial charge is 0.334 e. The van der Waals surface area contributed by atoms with Crippen molar-refractivity contribution in [2.24, 2.45) is 11.8 Å². The van der Waals surface area contributed by atoms with E-state index in [1.807, 2.05) is 35.2 Å². The number of likely N-dealkylation sites (tertiary alicyclic amines) is 1. The Labute approximate surface area is 218 Å². The van der Waals surface area contributed by atoms with Crippen molar-refractivity contribution in [3.63, 3.8) is 0 Å². The fourth-order valence-corrected chi connectivity index (χ4v) is 5.15. The number of benzene rings is 2. The highest BCUT2D eigenvalue weighted by molar-refractivity contribution is 5.99. The summed E-state index contributed by atoms with van der Waals surface area (Å²) in [4.78, 5) is 39.7. The highest BCUT2D eigenvalue weighted by Crippen LogP contribution is 2.36. The second-order valence-electron chi connectivity index (χ2n) is 9.79. The van der Waals surface area contributed by atoms with Gasteiger partial charge in [0.25, 0.3) is 5.91 Å². The van der Waals surface area contributed by atoms with E-state index in [2.05, 4.69) is 5.32 Å². The lowest BCUT2D eigenvalue weighted by atomic mass is 9.82. The van der Waals surface area contributed by atoms with Crippen molar-refractivity contribution < 1.29 is 23.9 Å². The second-order valence-corrected chi connectivity index (χ2v) is 9.79. The van der Waals surface area contributed by atoms with Crippen LogP contribution in [0.3, 0.4) is 0 Å². The van der Waals surface area contributed by atoms with Gasteiger partial charge in [-0.25, -0.2) is 4.79 Å². The number of hydrogen-bond acceptors (Lipinski definition) is 5. The van der Waals surface area contributed by atoms with E-state index in [1.165, 1.54) is 25.7 Å². The summed E-state index contributed by atoms with van der Waals surface area (Å²) < 4.78 is 10.8. The zero-order chi connectivity index (χ0) is 26.0. The molecular formula is C30H36N2O5. The first-order valence-corrected chi connectivity index (χ1v) is 13.2. The van der Waals surface area contributed by atoms with Crippen molar-refractivity contribution in [3.8, 4) is 5.75 Å². The van der Waals surface area contributed by atoms with Gasteiger partial charge in [0.15, 0.2) is 6.61 Å². The first-order valence-electron chi connectivity index (χ1n) is 13.2. The maximum atomic E-state index is 13.1. The van der Waals surface area contributed by atoms with Gasteiger partial charge in [0, 0.05) is 25.2 Å². The van der Waals surface area contributed by atoms with Crippen molar-refractivity contribution in [2.45, 2.75) is 45.6 Å². The molecule has 2 aromatic rings. The topological polar surface area (TPSA) is 84.9 Å². The van der Waals surface area contributed by atoms with Crippen LogP contribution in [-0.2, 0) is 25.7 Å². The van der Waals surface area contributed by atoms with Gasteiger partial charge in [-0.15, -0.1) is 0 Å². The Bertz CT molecular complexity index is 1080. The average Bonchev–Trinajstić information content (AvgIpc) is 3.36. The van der Waals surface area contributed by atoms with E-state index in [-0.39, 0.29) is 31.4 Å². The summed E-state index contributed by atoms with van der Waals surface area (Å²) in [7, 11) is 0. The molecule has 0 bridgehead atoms. The molecule has 0 unspecified atom stereocenters. The Hall–Kier alpha value is -3.61. The van der Waals surface area contributed by atoms with Gasteiger partial charge in [0.05, 0.1) is 13.0 Å². The van der Waals surface area contributed by atoms with Crippen LogP contribution >= 0.6 is 0 Å². The summed E-state index contributed by atoms with van der Waals surface area (Å²) in [5.41, 5.74) is 2.12. The summed E-state index contributed by atoms with van der Waals surface area (Å²) in [6, 6.07) is 16.8. The van der Waals surface area contributed by atoms with Crippen LogP contribution in [0.4, 0.5) is 0 Å². The quantitative estimate of drug-likeness (QED) is 0.384. The summed E-state index contributed by atoms with van der Waals surface area (Å²) in [6.45, 7) is 3.94. The number of amides is 2. The Balaban J connectivity index is 1.32. The molecule has 4 rings (SSSR count). The standard InChI is InChI=1S/C30H36N2O5/c1-2-36-30(35)26(17-29(34)32-19-24-10-6-7-11-25(24)20-32)16-22-12-14-27(15-13-22)37-21-28(33)31-18-23-8-4-3-5-9-23/h3-5,8-9,12-16,24-25H,2,6-7,10-11,17-21H2,1H3,(H,31,33)/b26-16+/t24-,25+. The van der Waals surface area contributed by atoms with Gasteiger partial charge in [-0.2, -0.15) is 0 Å². The normalized spacial score (nSPS) is 19.2. The van der Waals surface area contributed by atoms with Crippen LogP contribution in [0.25, 0.3) is 6.08 Å². The number of fused-ring (bicyclic) bond motifs is 1. The minimum atomic E-state index is -0.470. The molecule has 2 amide bonds. The Morgan fingerprint density at radius 3 is 2.30 bits per heavy atom. The third kappa shape index (κ3) is 7.68. The van der Waals surface area contributed by atoms with E-state index >= 15 is 0 Å². The zero-order valence-corrected chi connectivity index (χ0v) is 21.5. The first kappa shape index (κ1) is 26.5. The van der Waals surface area contributed by atoms with Crippen LogP contribution in [0.15, 0.2) is 60.2 Å². The van der Waals surface area contributed by atoms with E-state index < -0.39 is 5.97 Å². The molecule has 2 fully saturated rings. The SMILES string of the molecule is CCOC(=O)/C(=C/c1ccc(OCC(=O)NCc2ccccc2)cc1)CC(=O)N1C[C@H]2CCCC[C@H]2C1. The molecule has 7 nitrogen and oxygen atoms in total. The maximum absolute atomic E-state index is 13.1. The molecule has 2 atom stereocenters. The largest absolute Gasteiger partial charge is 0.484 e. The number of carbonyl (C=O) groups is 3. The number of nitrogens with one attached hydrogen (secondary N) is 1. The fourth-order valence-electron chi connectivity index (χ4n) is 5.15. The van der Waals surface area contributed by atoms with E-state index in [0.717, 1.165) is 24.2 Å². The third-order valence-electron chi connectivity index (χ3n) is 7.13. The number of ether oxygens (including phenoxy) is 2. The van der Waals surface area contributed by atoms with Gasteiger partial charge in [0.1, 0.15) is 5.75 Å². The summed E-state index contributed by atoms with van der Waals surface area (Å²) in [5.74, 6) is 1.04. The maximum Gasteiger partial charge on any atom is 0.334 e. The minimum absolute atomic E-state index is 0.0184. The van der Waals surface area contributed by atoms with Gasteiger partial charge in [-0.1, -0.05) is 55.3 Å². The highest BCUT2D eigenvalue weighted by Gasteiger charge is 2.36. The number of rotatable bonds is 10. The van der Waals surface area contributed by atoms with Crippen LogP contribution in [0.2, 0.25) is 0 Å². The Morgan fingerprint density at radius 1 is 0.973 bits per heavy atom. The molecule has 1 saturated heterocycles. The van der Waals surface area contributed by atoms with E-state index in [4.69, 9.17) is 9.47 Å². The monoisotopic (exact) mass is 504 g/mol. The zero-order valence-electron chi connectivity index (χ0n) is 21.5.